The fourth-order valence-corrected chi connectivity index (χ4v) is 3.47. The van der Waals surface area contributed by atoms with Crippen LogP contribution in [0.3, 0.4) is 0 Å². The Labute approximate surface area is 124 Å². The minimum Gasteiger partial charge on any atom is -0.369 e. The average molecular weight is 323 g/mol. The molecule has 1 aromatic rings. The molecule has 2 rings (SSSR count). The Morgan fingerprint density at radius 2 is 1.84 bits per heavy atom. The van der Waals surface area contributed by atoms with Gasteiger partial charge in [0.05, 0.1) is 6.26 Å². The molecule has 1 fully saturated rings. The van der Waals surface area contributed by atoms with Crippen LogP contribution < -0.4 is 4.90 Å². The second kappa shape index (κ2) is 5.87. The van der Waals surface area contributed by atoms with E-state index in [0.29, 0.717) is 37.1 Å². The largest absolute Gasteiger partial charge is 0.369 e. The molecule has 1 saturated heterocycles. The number of nitrogens with zero attached hydrogens (tertiary/aromatic N) is 2. The van der Waals surface area contributed by atoms with Crippen LogP contribution in [0.4, 0.5) is 5.69 Å². The van der Waals surface area contributed by atoms with Gasteiger partial charge >= 0.3 is 0 Å². The van der Waals surface area contributed by atoms with Gasteiger partial charge in [-0.2, -0.15) is 4.31 Å². The second-order valence-corrected chi connectivity index (χ2v) is 7.24. The standard InChI is InChI=1S/C12H16Cl2N2O2S/c1-19(17,18)16-6-4-15(5-7-16)12-3-2-11(14)8-10(12)9-13/h2-3,8H,4-7,9H2,1H3. The Kier molecular flexibility index (Phi) is 4.61. The monoisotopic (exact) mass is 322 g/mol. The van der Waals surface area contributed by atoms with Gasteiger partial charge < -0.3 is 4.90 Å². The molecule has 0 radical (unpaired) electrons. The summed E-state index contributed by atoms with van der Waals surface area (Å²) in [4.78, 5) is 2.15. The number of anilines is 1. The molecule has 1 aromatic carbocycles. The number of halogens is 2. The maximum atomic E-state index is 11.5. The number of rotatable bonds is 3. The summed E-state index contributed by atoms with van der Waals surface area (Å²) in [6.07, 6.45) is 1.25. The van der Waals surface area contributed by atoms with Crippen LogP contribution in [-0.4, -0.2) is 45.2 Å². The maximum absolute atomic E-state index is 11.5. The summed E-state index contributed by atoms with van der Waals surface area (Å²) < 4.78 is 24.4. The molecule has 106 valence electrons. The Morgan fingerprint density at radius 3 is 2.37 bits per heavy atom. The first-order valence-corrected chi connectivity index (χ1v) is 8.72. The van der Waals surface area contributed by atoms with Crippen molar-refractivity contribution < 1.29 is 8.42 Å². The van der Waals surface area contributed by atoms with Crippen LogP contribution in [0.2, 0.25) is 5.02 Å². The summed E-state index contributed by atoms with van der Waals surface area (Å²) in [5, 5.41) is 0.661. The molecule has 1 aliphatic heterocycles. The molecular formula is C12H16Cl2N2O2S. The molecule has 4 nitrogen and oxygen atoms in total. The fraction of sp³-hybridized carbons (Fsp3) is 0.500. The predicted octanol–water partition coefficient (Wildman–Crippen LogP) is 2.16. The highest BCUT2D eigenvalue weighted by molar-refractivity contribution is 7.88. The third kappa shape index (κ3) is 3.54. The van der Waals surface area contributed by atoms with Gasteiger partial charge in [0, 0.05) is 42.8 Å². The third-order valence-corrected chi connectivity index (χ3v) is 5.06. The smallest absolute Gasteiger partial charge is 0.211 e. The molecule has 1 aliphatic rings. The van der Waals surface area contributed by atoms with E-state index in [0.717, 1.165) is 11.3 Å². The van der Waals surface area contributed by atoms with Crippen molar-refractivity contribution in [2.24, 2.45) is 0 Å². The van der Waals surface area contributed by atoms with E-state index in [1.807, 2.05) is 18.2 Å². The van der Waals surface area contributed by atoms with Crippen molar-refractivity contribution in [2.45, 2.75) is 5.88 Å². The number of piperazine rings is 1. The summed E-state index contributed by atoms with van der Waals surface area (Å²) in [6.45, 7) is 2.34. The van der Waals surface area contributed by atoms with Crippen LogP contribution in [0, 0.1) is 0 Å². The third-order valence-electron chi connectivity index (χ3n) is 3.23. The summed E-state index contributed by atoms with van der Waals surface area (Å²) in [5.41, 5.74) is 2.01. The van der Waals surface area contributed by atoms with E-state index in [1.54, 1.807) is 0 Å². The zero-order valence-electron chi connectivity index (χ0n) is 10.6. The second-order valence-electron chi connectivity index (χ2n) is 4.56. The molecule has 0 saturated carbocycles. The van der Waals surface area contributed by atoms with E-state index in [2.05, 4.69) is 4.90 Å². The highest BCUT2D eigenvalue weighted by Gasteiger charge is 2.24. The van der Waals surface area contributed by atoms with Gasteiger partial charge in [0.25, 0.3) is 0 Å². The van der Waals surface area contributed by atoms with Crippen molar-refractivity contribution in [2.75, 3.05) is 37.3 Å². The van der Waals surface area contributed by atoms with Crippen molar-refractivity contribution in [3.8, 4) is 0 Å². The molecule has 0 aromatic heterocycles. The van der Waals surface area contributed by atoms with Gasteiger partial charge in [-0.15, -0.1) is 11.6 Å². The van der Waals surface area contributed by atoms with Gasteiger partial charge in [0.2, 0.25) is 10.0 Å². The first-order valence-electron chi connectivity index (χ1n) is 5.96. The topological polar surface area (TPSA) is 40.6 Å². The molecule has 0 amide bonds. The lowest BCUT2D eigenvalue weighted by atomic mass is 10.1. The highest BCUT2D eigenvalue weighted by atomic mass is 35.5. The molecule has 0 unspecified atom stereocenters. The zero-order valence-corrected chi connectivity index (χ0v) is 13.0. The van der Waals surface area contributed by atoms with Crippen molar-refractivity contribution in [1.82, 2.24) is 4.31 Å². The van der Waals surface area contributed by atoms with Gasteiger partial charge in [-0.1, -0.05) is 11.6 Å². The molecule has 7 heteroatoms. The summed E-state index contributed by atoms with van der Waals surface area (Å²) in [6, 6.07) is 5.62. The summed E-state index contributed by atoms with van der Waals surface area (Å²) in [7, 11) is -3.09. The van der Waals surface area contributed by atoms with E-state index in [9.17, 15) is 8.42 Å². The van der Waals surface area contributed by atoms with E-state index in [1.165, 1.54) is 10.6 Å². The van der Waals surface area contributed by atoms with Crippen LogP contribution in [0.5, 0.6) is 0 Å². The average Bonchev–Trinajstić information content (AvgIpc) is 2.37. The fourth-order valence-electron chi connectivity index (χ4n) is 2.23. The molecule has 0 N–H and O–H groups in total. The molecule has 0 atom stereocenters. The van der Waals surface area contributed by atoms with Crippen LogP contribution in [-0.2, 0) is 15.9 Å². The first-order chi connectivity index (χ1) is 8.91. The number of sulfonamides is 1. The number of alkyl halides is 1. The first kappa shape index (κ1) is 14.9. The molecule has 1 heterocycles. The normalized spacial score (nSPS) is 17.7. The van der Waals surface area contributed by atoms with Gasteiger partial charge in [0.15, 0.2) is 0 Å². The number of hydrogen-bond donors (Lipinski definition) is 0. The van der Waals surface area contributed by atoms with E-state index in [-0.39, 0.29) is 0 Å². The van der Waals surface area contributed by atoms with E-state index in [4.69, 9.17) is 23.2 Å². The van der Waals surface area contributed by atoms with Crippen molar-refractivity contribution >= 4 is 38.9 Å². The highest BCUT2D eigenvalue weighted by Crippen LogP contribution is 2.27. The SMILES string of the molecule is CS(=O)(=O)N1CCN(c2ccc(Cl)cc2CCl)CC1. The Balaban J connectivity index is 2.14. The summed E-state index contributed by atoms with van der Waals surface area (Å²) >= 11 is 11.9. The lowest BCUT2D eigenvalue weighted by Crippen LogP contribution is -2.48. The Bertz CT molecular complexity index is 555. The minimum atomic E-state index is -3.09. The molecule has 19 heavy (non-hydrogen) atoms. The van der Waals surface area contributed by atoms with Gasteiger partial charge in [-0.3, -0.25) is 0 Å². The van der Waals surface area contributed by atoms with Crippen LogP contribution in [0.15, 0.2) is 18.2 Å². The van der Waals surface area contributed by atoms with Crippen LogP contribution in [0.1, 0.15) is 5.56 Å². The van der Waals surface area contributed by atoms with Crippen LogP contribution in [0.25, 0.3) is 0 Å². The van der Waals surface area contributed by atoms with Crippen molar-refractivity contribution in [1.29, 1.82) is 0 Å². The van der Waals surface area contributed by atoms with Gasteiger partial charge in [-0.05, 0) is 23.8 Å². The maximum Gasteiger partial charge on any atom is 0.211 e. The van der Waals surface area contributed by atoms with Gasteiger partial charge in [-0.25, -0.2) is 8.42 Å². The molecule has 0 aliphatic carbocycles. The number of hydrogen-bond acceptors (Lipinski definition) is 3. The Hall–Kier alpha value is -0.490. The minimum absolute atomic E-state index is 0.391. The lowest BCUT2D eigenvalue weighted by molar-refractivity contribution is 0.388. The molecular weight excluding hydrogens is 307 g/mol. The predicted molar refractivity (Wildman–Crippen MR) is 79.6 cm³/mol. The van der Waals surface area contributed by atoms with Crippen molar-refractivity contribution in [3.05, 3.63) is 28.8 Å². The van der Waals surface area contributed by atoms with Gasteiger partial charge in [0.1, 0.15) is 0 Å². The van der Waals surface area contributed by atoms with E-state index < -0.39 is 10.0 Å². The van der Waals surface area contributed by atoms with E-state index >= 15 is 0 Å². The quantitative estimate of drug-likeness (QED) is 0.801. The van der Waals surface area contributed by atoms with Crippen LogP contribution >= 0.6 is 23.2 Å². The molecule has 0 bridgehead atoms. The van der Waals surface area contributed by atoms with Crippen molar-refractivity contribution in [3.63, 3.8) is 0 Å². The lowest BCUT2D eigenvalue weighted by Gasteiger charge is -2.35. The number of benzene rings is 1. The summed E-state index contributed by atoms with van der Waals surface area (Å²) in [5.74, 6) is 0.391. The zero-order chi connectivity index (χ0) is 14.0. The Morgan fingerprint density at radius 1 is 1.21 bits per heavy atom. The molecule has 0 spiro atoms.